The fraction of sp³-hybridized carbons (Fsp3) is 0.449. The number of rotatable bonds is 23. The summed E-state index contributed by atoms with van der Waals surface area (Å²) >= 11 is 1.78. The molecule has 566 valence electrons. The Morgan fingerprint density at radius 3 is 1.85 bits per heavy atom. The molecule has 0 bridgehead atoms. The molecule has 4 heterocycles. The quantitative estimate of drug-likeness (QED) is 0.0246. The van der Waals surface area contributed by atoms with Gasteiger partial charge in [0.2, 0.25) is 47.3 Å². The van der Waals surface area contributed by atoms with Gasteiger partial charge in [-0.15, -0.1) is 0 Å². The van der Waals surface area contributed by atoms with E-state index in [1.54, 1.807) is 78.6 Å². The number of H-pyrrole nitrogens is 2. The molecule has 8 amide bonds. The molecule has 7 aromatic rings. The van der Waals surface area contributed by atoms with Crippen LogP contribution in [0.4, 0.5) is 8.78 Å². The summed E-state index contributed by atoms with van der Waals surface area (Å²) in [5.74, 6) is -6.27. The minimum Gasteiger partial charge on any atom is -0.391 e. The number of guanidine groups is 1. The highest BCUT2D eigenvalue weighted by Gasteiger charge is 2.41. The Kier molecular flexibility index (Phi) is 28.6. The van der Waals surface area contributed by atoms with Gasteiger partial charge in [0.1, 0.15) is 53.9 Å². The minimum absolute atomic E-state index is 0.00199. The van der Waals surface area contributed by atoms with Crippen molar-refractivity contribution in [3.05, 3.63) is 179 Å². The van der Waals surface area contributed by atoms with Crippen LogP contribution < -0.4 is 65.1 Å². The highest BCUT2D eigenvalue weighted by atomic mass is 32.2. The van der Waals surface area contributed by atoms with E-state index in [1.807, 2.05) is 24.3 Å². The topological polar surface area (TPSA) is 390 Å². The molecule has 18 N–H and O–H groups in total. The lowest BCUT2D eigenvalue weighted by Crippen LogP contribution is -2.62. The summed E-state index contributed by atoms with van der Waals surface area (Å²) in [7, 11) is 2.20. The zero-order chi connectivity index (χ0) is 75.2. The van der Waals surface area contributed by atoms with Crippen LogP contribution in [0.3, 0.4) is 0 Å². The van der Waals surface area contributed by atoms with Gasteiger partial charge in [-0.2, -0.15) is 11.8 Å². The smallest absolute Gasteiger partial charge is 0.245 e. The first-order chi connectivity index (χ1) is 51.2. The molecule has 12 atom stereocenters. The predicted molar refractivity (Wildman–Crippen MR) is 406 cm³/mol. The van der Waals surface area contributed by atoms with Gasteiger partial charge in [0.15, 0.2) is 5.96 Å². The van der Waals surface area contributed by atoms with E-state index in [0.29, 0.717) is 65.8 Å². The van der Waals surface area contributed by atoms with Crippen LogP contribution in [0.25, 0.3) is 21.8 Å². The van der Waals surface area contributed by atoms with Crippen LogP contribution in [0, 0.1) is 17.6 Å². The molecule has 28 heteroatoms. The van der Waals surface area contributed by atoms with E-state index in [9.17, 15) is 28.3 Å². The maximum Gasteiger partial charge on any atom is 0.245 e. The number of aliphatic imine (C=N–C) groups is 1. The van der Waals surface area contributed by atoms with Crippen molar-refractivity contribution in [1.82, 2.24) is 62.7 Å². The first-order valence-corrected chi connectivity index (χ1v) is 37.9. The molecule has 1 aliphatic carbocycles. The molecule has 0 saturated carbocycles. The molecule has 106 heavy (non-hydrogen) atoms. The SMILES string of the molecule is C[C@@H](O)[C@@H]1NC(=O)[C@H](CCCCN)NC(=O)[C@@H](Cc2c[nH]c3ccccc23)NC(=O)[C@H](Cc2ccccc2)NC(=O)[C@H](Cc2ccccc2)NC(=O)[C@H](CCCN=C(N)N)NC(=O)[C@H](NCCSC[C@@H]2C[C@@H]3c4cccc5[nH]cc(c45)C[C@H]3N(C)C2)CCCCNC(=O)[C@H](Cc2cc(F)cc(F)c2)NC1=O. The lowest BCUT2D eigenvalue weighted by Gasteiger charge is -2.45. The zero-order valence-corrected chi connectivity index (χ0v) is 60.8. The predicted octanol–water partition coefficient (Wildman–Crippen LogP) is 3.81. The van der Waals surface area contributed by atoms with Crippen LogP contribution in [0.15, 0.2) is 139 Å². The van der Waals surface area contributed by atoms with Gasteiger partial charge in [-0.1, -0.05) is 91.0 Å². The maximum absolute atomic E-state index is 15.4. The minimum atomic E-state index is -1.78. The monoisotopic (exact) mass is 1470 g/mol. The van der Waals surface area contributed by atoms with Crippen LogP contribution in [0.1, 0.15) is 104 Å². The number of aliphatic hydroxyl groups is 1. The van der Waals surface area contributed by atoms with Gasteiger partial charge in [-0.3, -0.25) is 43.3 Å². The van der Waals surface area contributed by atoms with Crippen LogP contribution in [-0.2, 0) is 70.5 Å². The second kappa shape index (κ2) is 38.5. The van der Waals surface area contributed by atoms with Crippen molar-refractivity contribution < 1.29 is 52.2 Å². The number of nitrogens with two attached hydrogens (primary N) is 3. The molecule has 25 nitrogen and oxygen atoms in total. The largest absolute Gasteiger partial charge is 0.391 e. The molecule has 0 spiro atoms. The summed E-state index contributed by atoms with van der Waals surface area (Å²) in [6.07, 6.45) is 5.07. The third kappa shape index (κ3) is 21.9. The van der Waals surface area contributed by atoms with Crippen LogP contribution >= 0.6 is 11.8 Å². The average molecular weight is 1480 g/mol. The fourth-order valence-corrected chi connectivity index (χ4v) is 15.7. The number of unbranched alkanes of at least 4 members (excludes halogenated alkanes) is 1. The highest BCUT2D eigenvalue weighted by Crippen LogP contribution is 2.45. The molecule has 0 radical (unpaired) electrons. The van der Waals surface area contributed by atoms with Crippen molar-refractivity contribution in [3.8, 4) is 0 Å². The van der Waals surface area contributed by atoms with E-state index in [4.69, 9.17) is 17.2 Å². The number of aliphatic hydroxyl groups excluding tert-OH is 1. The summed E-state index contributed by atoms with van der Waals surface area (Å²) in [4.78, 5) is 133. The Morgan fingerprint density at radius 1 is 0.623 bits per heavy atom. The molecule has 2 aliphatic heterocycles. The fourth-order valence-electron chi connectivity index (χ4n) is 14.7. The van der Waals surface area contributed by atoms with Gasteiger partial charge in [0.25, 0.3) is 0 Å². The molecule has 2 saturated heterocycles. The Labute approximate surface area is 620 Å². The number of piperidine rings is 1. The van der Waals surface area contributed by atoms with Crippen molar-refractivity contribution in [2.75, 3.05) is 51.3 Å². The first-order valence-electron chi connectivity index (χ1n) is 36.7. The van der Waals surface area contributed by atoms with Crippen molar-refractivity contribution in [3.63, 3.8) is 0 Å². The number of carbonyl (C=O) groups is 8. The van der Waals surface area contributed by atoms with Gasteiger partial charge in [0, 0.05) is 110 Å². The van der Waals surface area contributed by atoms with Gasteiger partial charge in [-0.05, 0) is 154 Å². The Balaban J connectivity index is 0.965. The van der Waals surface area contributed by atoms with Gasteiger partial charge < -0.3 is 85.0 Å². The van der Waals surface area contributed by atoms with Crippen LogP contribution in [0.2, 0.25) is 0 Å². The molecule has 0 unspecified atom stereocenters. The van der Waals surface area contributed by atoms with E-state index >= 15 is 24.0 Å². The second-order valence-corrected chi connectivity index (χ2v) is 29.3. The number of benzene rings is 5. The number of aromatic amines is 2. The molecule has 2 fully saturated rings. The van der Waals surface area contributed by atoms with E-state index < -0.39 is 120 Å². The second-order valence-electron chi connectivity index (χ2n) is 28.1. The molecule has 10 rings (SSSR count). The number of thioether (sulfide) groups is 1. The number of nitrogens with zero attached hydrogens (tertiary/aromatic N) is 2. The van der Waals surface area contributed by atoms with Gasteiger partial charge >= 0.3 is 0 Å². The van der Waals surface area contributed by atoms with Gasteiger partial charge in [-0.25, -0.2) is 8.78 Å². The summed E-state index contributed by atoms with van der Waals surface area (Å²) in [6.45, 7) is 2.84. The van der Waals surface area contributed by atoms with E-state index in [2.05, 4.69) is 99.2 Å². The first kappa shape index (κ1) is 78.8. The van der Waals surface area contributed by atoms with E-state index in [-0.39, 0.29) is 88.9 Å². The van der Waals surface area contributed by atoms with Crippen molar-refractivity contribution in [2.24, 2.45) is 28.1 Å². The maximum atomic E-state index is 15.4. The zero-order valence-electron chi connectivity index (χ0n) is 60.0. The Morgan fingerprint density at radius 2 is 1.19 bits per heavy atom. The summed E-state index contributed by atoms with van der Waals surface area (Å²) in [5.41, 5.74) is 23.9. The lowest BCUT2D eigenvalue weighted by atomic mass is 9.73. The summed E-state index contributed by atoms with van der Waals surface area (Å²) in [6, 6.07) is 23.4. The van der Waals surface area contributed by atoms with Crippen molar-refractivity contribution in [2.45, 2.75) is 163 Å². The third-order valence-corrected chi connectivity index (χ3v) is 21.3. The number of hydrogen-bond donors (Lipinski definition) is 15. The Bertz CT molecular complexity index is 4160. The van der Waals surface area contributed by atoms with Crippen LogP contribution in [0.5, 0.6) is 0 Å². The summed E-state index contributed by atoms with van der Waals surface area (Å²) in [5, 5.41) is 39.3. The number of hydrogen-bond acceptors (Lipinski definition) is 14. The molecule has 5 aromatic carbocycles. The molecule has 2 aromatic heterocycles. The van der Waals surface area contributed by atoms with E-state index in [0.717, 1.165) is 53.7 Å². The van der Waals surface area contributed by atoms with Gasteiger partial charge in [0.05, 0.1) is 12.1 Å². The summed E-state index contributed by atoms with van der Waals surface area (Å²) < 4.78 is 29.6. The van der Waals surface area contributed by atoms with Crippen molar-refractivity contribution in [1.29, 1.82) is 0 Å². The molecular weight excluding hydrogens is 1380 g/mol. The number of nitrogens with one attached hydrogen (secondary N) is 11. The number of aromatic nitrogens is 2. The number of amides is 8. The number of likely N-dealkylation sites (N-methyl/N-ethyl adjacent to an activating group) is 1. The number of fused-ring (bicyclic) bond motifs is 3. The molecular formula is C78H100F2N16O9S. The molecule has 3 aliphatic rings. The van der Waals surface area contributed by atoms with Crippen molar-refractivity contribution >= 4 is 86.8 Å². The van der Waals surface area contributed by atoms with Crippen LogP contribution in [-0.4, -0.2) is 185 Å². The lowest BCUT2D eigenvalue weighted by molar-refractivity contribution is -0.136. The van der Waals surface area contributed by atoms with E-state index in [1.165, 1.54) is 23.4 Å². The standard InChI is InChI=1S/C78H100F2N16O9S/c1-46(97)69-77(105)94-63(38-49-33-53(79)41-54(80)34-49)70(98)85-29-14-12-24-60(84-31-32-106-45-50-35-57-56-22-15-26-59-68(56)52(43-88-59)40-67(57)96(2)44-50)71(99)89-62(27-16-30-86-78(82)83)72(100)91-64(36-47-17-5-3-6-18-47)74(102)92-65(37-48-19-7-4-8-20-48)75(103)93-66(39-51-42-87-58-23-10-9-21-55(51)58)76(104)90-61(73(101)95-69)25-11-13-28-81/h3-10,15,17-23,26,33-34,41-43,46,50,57,60-67,69,84,87-88,97H,11-14,16,24-25,27-32,35-40,44-45,81H2,1-2H3,(H,85,98)(H,89,99)(H,90,104)(H,91,100)(H,92,102)(H,93,103)(H,94,105)(H,95,101)(H4,82,83,86)/t46-,50-,57-,60-,61+,62+,63+,64+,65+,66-,67-,69+/m1/s1. The number of carbonyl (C=O) groups excluding carboxylic acids is 8. The number of para-hydroxylation sites is 1. The third-order valence-electron chi connectivity index (χ3n) is 20.1. The highest BCUT2D eigenvalue weighted by molar-refractivity contribution is 7.99. The Hall–Kier alpha value is -9.74. The normalized spacial score (nSPS) is 24.0. The number of likely N-dealkylation sites (tertiary alicyclic amines) is 1. The number of halogens is 2. The average Bonchev–Trinajstić information content (AvgIpc) is 1.50.